The van der Waals surface area contributed by atoms with E-state index < -0.39 is 131 Å². The molecule has 0 aromatic carbocycles. The minimum Gasteiger partial charge on any atom is -0.481 e. The quantitative estimate of drug-likeness (QED) is 0.0466. The predicted octanol–water partition coefficient (Wildman–Crippen LogP) is -0.0795. The fourth-order valence-corrected chi connectivity index (χ4v) is 9.82. The molecule has 2 heterocycles. The zero-order valence-corrected chi connectivity index (χ0v) is 36.1. The number of carboxylic acid groups (broad SMARTS) is 2. The fraction of sp³-hybridized carbons (Fsp3) is 0.684. The summed E-state index contributed by atoms with van der Waals surface area (Å²) in [4.78, 5) is 131. The van der Waals surface area contributed by atoms with Gasteiger partial charge in [-0.3, -0.25) is 47.9 Å². The third-order valence-corrected chi connectivity index (χ3v) is 13.1. The number of carbonyl (C=O) groups is 10. The summed E-state index contributed by atoms with van der Waals surface area (Å²) in [6.07, 6.45) is 0.511. The second kappa shape index (κ2) is 23.8. The number of hydrogen-bond acceptors (Lipinski definition) is 12. The standard InChI is InChI=1S/C38H59N7O12S2/c1-8-10-23(31(51)36(56)39-15-9-2)41-34(54)26-18-38(58-16-17-59-38)19-45(26)37(57)30(21(5)6)44-35(55)29(20(3)4)43-33(53)25(12-14-28(49)50)42-32(52)24(40-22(7)46)11-13-27(47)48/h9,20-21,23-26,29-30H,2,8,10-19H2,1,3-7H3,(H,39,56)(H,40,46)(H,41,54)(H,42,52)(H,43,53)(H,44,55)(H,47,48)(H,49,50)/t23?,24?,25?,26-,29?,30?/m0/s1. The molecule has 0 bridgehead atoms. The number of Topliss-reactive ketones (excluding diaryl/α,β-unsaturated/α-hetero) is 1. The van der Waals surface area contributed by atoms with Crippen molar-refractivity contribution in [3.8, 4) is 0 Å². The Kier molecular flexibility index (Phi) is 20.4. The van der Waals surface area contributed by atoms with E-state index in [0.29, 0.717) is 6.42 Å². The van der Waals surface area contributed by atoms with E-state index >= 15 is 0 Å². The van der Waals surface area contributed by atoms with Crippen molar-refractivity contribution in [2.45, 2.75) is 127 Å². The van der Waals surface area contributed by atoms with Crippen LogP contribution in [0.15, 0.2) is 12.7 Å². The van der Waals surface area contributed by atoms with Gasteiger partial charge in [0.2, 0.25) is 41.2 Å². The molecular weight excluding hydrogens is 811 g/mol. The first-order chi connectivity index (χ1) is 27.7. The third-order valence-electron chi connectivity index (χ3n) is 9.63. The number of rotatable bonds is 24. The average molecular weight is 870 g/mol. The summed E-state index contributed by atoms with van der Waals surface area (Å²) in [6.45, 7) is 13.3. The molecule has 2 rings (SSSR count). The number of likely N-dealkylation sites (tertiary alicyclic amines) is 1. The van der Waals surface area contributed by atoms with Crippen molar-refractivity contribution in [2.75, 3.05) is 24.6 Å². The van der Waals surface area contributed by atoms with Crippen LogP contribution in [-0.2, 0) is 47.9 Å². The average Bonchev–Trinajstić information content (AvgIpc) is 3.79. The second-order valence-corrected chi connectivity index (χ2v) is 18.4. The van der Waals surface area contributed by atoms with E-state index in [-0.39, 0.29) is 32.4 Å². The molecule has 7 amide bonds. The lowest BCUT2D eigenvalue weighted by molar-refractivity contribution is -0.144. The largest absolute Gasteiger partial charge is 0.481 e. The van der Waals surface area contributed by atoms with Gasteiger partial charge in [0.05, 0.1) is 10.1 Å². The van der Waals surface area contributed by atoms with Gasteiger partial charge in [-0.25, -0.2) is 0 Å². The molecule has 59 heavy (non-hydrogen) atoms. The minimum atomic E-state index is -1.52. The van der Waals surface area contributed by atoms with Crippen LogP contribution in [0, 0.1) is 11.8 Å². The van der Waals surface area contributed by atoms with E-state index in [1.54, 1.807) is 58.1 Å². The van der Waals surface area contributed by atoms with Crippen molar-refractivity contribution in [1.82, 2.24) is 36.8 Å². The summed E-state index contributed by atoms with van der Waals surface area (Å²) >= 11 is 3.23. The van der Waals surface area contributed by atoms with Crippen molar-refractivity contribution >= 4 is 82.6 Å². The fourth-order valence-electron chi connectivity index (χ4n) is 6.56. The Morgan fingerprint density at radius 2 is 1.27 bits per heavy atom. The van der Waals surface area contributed by atoms with Crippen LogP contribution in [0.5, 0.6) is 0 Å². The highest BCUT2D eigenvalue weighted by atomic mass is 32.2. The van der Waals surface area contributed by atoms with Crippen LogP contribution in [0.2, 0.25) is 0 Å². The van der Waals surface area contributed by atoms with Gasteiger partial charge in [-0.1, -0.05) is 47.1 Å². The van der Waals surface area contributed by atoms with E-state index in [2.05, 4.69) is 38.5 Å². The summed E-state index contributed by atoms with van der Waals surface area (Å²) in [5, 5.41) is 33.6. The Labute approximate surface area is 352 Å². The summed E-state index contributed by atoms with van der Waals surface area (Å²) in [5.74, 6) is -8.30. The summed E-state index contributed by atoms with van der Waals surface area (Å²) in [7, 11) is 0. The van der Waals surface area contributed by atoms with Gasteiger partial charge in [-0.05, 0) is 31.1 Å². The number of nitrogens with zero attached hydrogens (tertiary/aromatic N) is 1. The maximum Gasteiger partial charge on any atom is 0.303 e. The highest BCUT2D eigenvalue weighted by Gasteiger charge is 2.53. The Morgan fingerprint density at radius 1 is 0.746 bits per heavy atom. The Hall–Kier alpha value is -4.66. The molecule has 6 atom stereocenters. The van der Waals surface area contributed by atoms with Crippen molar-refractivity contribution in [1.29, 1.82) is 0 Å². The lowest BCUT2D eigenvalue weighted by Gasteiger charge is -2.33. The van der Waals surface area contributed by atoms with Crippen LogP contribution in [0.4, 0.5) is 0 Å². The zero-order chi connectivity index (χ0) is 44.6. The third kappa shape index (κ3) is 15.5. The van der Waals surface area contributed by atoms with Gasteiger partial charge in [-0.15, -0.1) is 30.1 Å². The smallest absolute Gasteiger partial charge is 0.303 e. The van der Waals surface area contributed by atoms with Crippen molar-refractivity contribution in [3.63, 3.8) is 0 Å². The number of carboxylic acids is 2. The monoisotopic (exact) mass is 869 g/mol. The summed E-state index contributed by atoms with van der Waals surface area (Å²) in [6, 6.07) is -7.57. The van der Waals surface area contributed by atoms with Crippen LogP contribution in [0.1, 0.15) is 86.5 Å². The van der Waals surface area contributed by atoms with Crippen LogP contribution in [0.3, 0.4) is 0 Å². The number of nitrogens with one attached hydrogen (secondary N) is 6. The van der Waals surface area contributed by atoms with Crippen molar-refractivity contribution in [2.24, 2.45) is 11.8 Å². The van der Waals surface area contributed by atoms with E-state index in [1.165, 1.54) is 11.0 Å². The number of aliphatic carboxylic acids is 2. The lowest BCUT2D eigenvalue weighted by atomic mass is 9.98. The molecular formula is C38H59N7O12S2. The Bertz CT molecular complexity index is 1600. The van der Waals surface area contributed by atoms with Crippen LogP contribution >= 0.6 is 23.5 Å². The first kappa shape index (κ1) is 50.5. The maximum absolute atomic E-state index is 14.5. The zero-order valence-electron chi connectivity index (χ0n) is 34.4. The van der Waals surface area contributed by atoms with Gasteiger partial charge in [0.15, 0.2) is 0 Å². The Balaban J connectivity index is 2.36. The van der Waals surface area contributed by atoms with E-state index in [9.17, 15) is 53.1 Å². The molecule has 2 saturated heterocycles. The molecule has 2 fully saturated rings. The predicted molar refractivity (Wildman–Crippen MR) is 220 cm³/mol. The molecule has 5 unspecified atom stereocenters. The molecule has 330 valence electrons. The van der Waals surface area contributed by atoms with E-state index in [4.69, 9.17) is 5.11 Å². The van der Waals surface area contributed by atoms with Gasteiger partial charge in [-0.2, -0.15) is 0 Å². The molecule has 0 saturated carbocycles. The normalized spacial score (nSPS) is 18.2. The molecule has 8 N–H and O–H groups in total. The minimum absolute atomic E-state index is 0.0568. The molecule has 0 aliphatic carbocycles. The van der Waals surface area contributed by atoms with E-state index in [1.807, 2.05) is 0 Å². The summed E-state index contributed by atoms with van der Waals surface area (Å²) in [5.41, 5.74) is 0. The molecule has 0 radical (unpaired) electrons. The van der Waals surface area contributed by atoms with Gasteiger partial charge in [0, 0.05) is 50.8 Å². The first-order valence-corrected chi connectivity index (χ1v) is 21.6. The molecule has 0 aromatic heterocycles. The first-order valence-electron chi connectivity index (χ1n) is 19.6. The molecule has 21 heteroatoms. The molecule has 19 nitrogen and oxygen atoms in total. The molecule has 1 spiro atoms. The SMILES string of the molecule is C=CCNC(=O)C(=O)C(CCC)NC(=O)[C@@H]1CC2(CN1C(=O)C(NC(=O)C(NC(=O)C(CCC(=O)O)NC(=O)C(CCC(=O)O)NC(C)=O)C(C)C)C(C)C)SCCS2. The van der Waals surface area contributed by atoms with E-state index in [0.717, 1.165) is 18.4 Å². The number of thioether (sulfide) groups is 2. The van der Waals surface area contributed by atoms with Gasteiger partial charge < -0.3 is 47.0 Å². The number of ketones is 1. The Morgan fingerprint density at radius 3 is 1.76 bits per heavy atom. The van der Waals surface area contributed by atoms with Crippen LogP contribution in [0.25, 0.3) is 0 Å². The van der Waals surface area contributed by atoms with Crippen LogP contribution < -0.4 is 31.9 Å². The molecule has 2 aliphatic rings. The number of hydrogen-bond donors (Lipinski definition) is 8. The number of carbonyl (C=O) groups excluding carboxylic acids is 8. The van der Waals surface area contributed by atoms with Gasteiger partial charge in [0.25, 0.3) is 5.91 Å². The van der Waals surface area contributed by atoms with Crippen molar-refractivity contribution < 1.29 is 58.2 Å². The topological polar surface area (TPSA) is 287 Å². The second-order valence-electron chi connectivity index (χ2n) is 15.1. The summed E-state index contributed by atoms with van der Waals surface area (Å²) < 4.78 is -0.523. The maximum atomic E-state index is 14.5. The van der Waals surface area contributed by atoms with Crippen molar-refractivity contribution in [3.05, 3.63) is 12.7 Å². The van der Waals surface area contributed by atoms with Gasteiger partial charge >= 0.3 is 11.9 Å². The lowest BCUT2D eigenvalue weighted by Crippen LogP contribution is -2.61. The number of amides is 7. The molecule has 0 aromatic rings. The highest BCUT2D eigenvalue weighted by Crippen LogP contribution is 2.52. The van der Waals surface area contributed by atoms with Gasteiger partial charge in [0.1, 0.15) is 30.2 Å². The highest BCUT2D eigenvalue weighted by molar-refractivity contribution is 8.21. The molecule has 2 aliphatic heterocycles. The van der Waals surface area contributed by atoms with Crippen LogP contribution in [-0.4, -0.2) is 139 Å².